The van der Waals surface area contributed by atoms with Crippen LogP contribution in [0, 0.1) is 0 Å². The number of ketones is 1. The Hall–Kier alpha value is -1.04. The minimum atomic E-state index is -0.183. The first-order valence-corrected chi connectivity index (χ1v) is 9.62. The molecule has 2 aliphatic rings. The molecule has 6 heteroatoms. The SMILES string of the molecule is CN(C)[C@H]1CCN(c2ccc(Cl)cc2CCC2SC(=O)CC2=O)C1. The highest BCUT2D eigenvalue weighted by molar-refractivity contribution is 8.15. The third-order valence-electron chi connectivity index (χ3n) is 4.90. The molecule has 2 saturated heterocycles. The Kier molecular flexibility index (Phi) is 5.52. The van der Waals surface area contributed by atoms with E-state index >= 15 is 0 Å². The molecular weight excluding hydrogens is 344 g/mol. The van der Waals surface area contributed by atoms with Crippen LogP contribution in [0.25, 0.3) is 0 Å². The van der Waals surface area contributed by atoms with Crippen LogP contribution in [-0.4, -0.2) is 54.3 Å². The summed E-state index contributed by atoms with van der Waals surface area (Å²) < 4.78 is 0. The minimum Gasteiger partial charge on any atom is -0.370 e. The van der Waals surface area contributed by atoms with E-state index in [4.69, 9.17) is 11.6 Å². The summed E-state index contributed by atoms with van der Waals surface area (Å²) in [5.74, 6) is 0.0717. The zero-order chi connectivity index (χ0) is 17.3. The lowest BCUT2D eigenvalue weighted by Crippen LogP contribution is -2.31. The van der Waals surface area contributed by atoms with Gasteiger partial charge in [0, 0.05) is 29.8 Å². The van der Waals surface area contributed by atoms with Crippen LogP contribution >= 0.6 is 23.4 Å². The molecule has 1 unspecified atom stereocenters. The predicted molar refractivity (Wildman–Crippen MR) is 100 cm³/mol. The van der Waals surface area contributed by atoms with Crippen LogP contribution in [0.4, 0.5) is 5.69 Å². The molecule has 0 saturated carbocycles. The van der Waals surface area contributed by atoms with Crippen LogP contribution in [-0.2, 0) is 16.0 Å². The summed E-state index contributed by atoms with van der Waals surface area (Å²) in [6.45, 7) is 2.05. The van der Waals surface area contributed by atoms with Crippen LogP contribution in [0.1, 0.15) is 24.8 Å². The van der Waals surface area contributed by atoms with Gasteiger partial charge in [-0.3, -0.25) is 9.59 Å². The van der Waals surface area contributed by atoms with Crippen molar-refractivity contribution in [2.45, 2.75) is 37.0 Å². The third kappa shape index (κ3) is 3.95. The molecule has 2 heterocycles. The summed E-state index contributed by atoms with van der Waals surface area (Å²) in [5, 5.41) is 0.542. The number of hydrogen-bond donors (Lipinski definition) is 0. The quantitative estimate of drug-likeness (QED) is 0.749. The summed E-state index contributed by atoms with van der Waals surface area (Å²) in [5.41, 5.74) is 2.39. The van der Waals surface area contributed by atoms with Crippen LogP contribution in [0.5, 0.6) is 0 Å². The van der Waals surface area contributed by atoms with Crippen molar-refractivity contribution in [2.24, 2.45) is 0 Å². The predicted octanol–water partition coefficient (Wildman–Crippen LogP) is 3.01. The van der Waals surface area contributed by atoms with E-state index in [2.05, 4.69) is 30.0 Å². The first-order chi connectivity index (χ1) is 11.4. The minimum absolute atomic E-state index is 0.00434. The molecule has 0 amide bonds. The number of carbonyl (C=O) groups is 2. The molecule has 1 aromatic rings. The van der Waals surface area contributed by atoms with E-state index < -0.39 is 0 Å². The topological polar surface area (TPSA) is 40.6 Å². The lowest BCUT2D eigenvalue weighted by Gasteiger charge is -2.24. The maximum Gasteiger partial charge on any atom is 0.197 e. The number of thioether (sulfide) groups is 1. The molecular formula is C18H23ClN2O2S. The normalized spacial score (nSPS) is 24.4. The third-order valence-corrected chi connectivity index (χ3v) is 6.33. The second kappa shape index (κ2) is 7.46. The van der Waals surface area contributed by atoms with Crippen molar-refractivity contribution in [1.29, 1.82) is 0 Å². The monoisotopic (exact) mass is 366 g/mol. The van der Waals surface area contributed by atoms with E-state index in [0.29, 0.717) is 12.5 Å². The van der Waals surface area contributed by atoms with E-state index in [9.17, 15) is 9.59 Å². The van der Waals surface area contributed by atoms with Gasteiger partial charge in [0.15, 0.2) is 10.9 Å². The maximum atomic E-state index is 11.8. The van der Waals surface area contributed by atoms with Gasteiger partial charge in [0.2, 0.25) is 0 Å². The van der Waals surface area contributed by atoms with Crippen LogP contribution in [0.15, 0.2) is 18.2 Å². The van der Waals surface area contributed by atoms with Gasteiger partial charge >= 0.3 is 0 Å². The molecule has 24 heavy (non-hydrogen) atoms. The molecule has 2 aliphatic heterocycles. The van der Waals surface area contributed by atoms with Gasteiger partial charge in [-0.05, 0) is 57.1 Å². The summed E-state index contributed by atoms with van der Waals surface area (Å²) in [6, 6.07) is 6.59. The molecule has 130 valence electrons. The van der Waals surface area contributed by atoms with Gasteiger partial charge in [-0.1, -0.05) is 23.4 Å². The van der Waals surface area contributed by atoms with Crippen LogP contribution in [0.3, 0.4) is 0 Å². The maximum absolute atomic E-state index is 11.8. The summed E-state index contributed by atoms with van der Waals surface area (Å²) >= 11 is 7.39. The van der Waals surface area contributed by atoms with E-state index in [1.165, 1.54) is 23.0 Å². The molecule has 0 N–H and O–H groups in total. The summed E-state index contributed by atoms with van der Waals surface area (Å²) in [4.78, 5) is 27.9. The van der Waals surface area contributed by atoms with Gasteiger partial charge in [0.1, 0.15) is 0 Å². The van der Waals surface area contributed by atoms with Crippen molar-refractivity contribution in [3.63, 3.8) is 0 Å². The van der Waals surface area contributed by atoms with Crippen molar-refractivity contribution in [3.05, 3.63) is 28.8 Å². The average molecular weight is 367 g/mol. The van der Waals surface area contributed by atoms with Gasteiger partial charge in [-0.15, -0.1) is 0 Å². The Balaban J connectivity index is 1.72. The van der Waals surface area contributed by atoms with Crippen molar-refractivity contribution in [2.75, 3.05) is 32.1 Å². The number of carbonyl (C=O) groups excluding carboxylic acids is 2. The van der Waals surface area contributed by atoms with Gasteiger partial charge < -0.3 is 9.80 Å². The number of aryl methyl sites for hydroxylation is 1. The van der Waals surface area contributed by atoms with Crippen molar-refractivity contribution in [1.82, 2.24) is 4.90 Å². The van der Waals surface area contributed by atoms with E-state index in [1.807, 2.05) is 12.1 Å². The molecule has 4 nitrogen and oxygen atoms in total. The molecule has 0 bridgehead atoms. The Labute approximate surface area is 152 Å². The standard InChI is InChI=1S/C18H23ClN2O2S/c1-20(2)14-7-8-21(11-14)15-5-4-13(19)9-12(15)3-6-17-16(22)10-18(23)24-17/h4-5,9,14,17H,3,6-8,10-11H2,1-2H3/t14-,17?/m0/s1. The second-order valence-electron chi connectivity index (χ2n) is 6.79. The number of rotatable bonds is 5. The highest BCUT2D eigenvalue weighted by atomic mass is 35.5. The fourth-order valence-corrected chi connectivity index (χ4v) is 4.66. The van der Waals surface area contributed by atoms with Crippen LogP contribution < -0.4 is 4.90 Å². The Morgan fingerprint density at radius 3 is 2.75 bits per heavy atom. The molecule has 0 spiro atoms. The largest absolute Gasteiger partial charge is 0.370 e. The number of likely N-dealkylation sites (N-methyl/N-ethyl adjacent to an activating group) is 1. The number of hydrogen-bond acceptors (Lipinski definition) is 5. The van der Waals surface area contributed by atoms with Gasteiger partial charge in [0.25, 0.3) is 0 Å². The first-order valence-electron chi connectivity index (χ1n) is 8.36. The highest BCUT2D eigenvalue weighted by Gasteiger charge is 2.32. The average Bonchev–Trinajstić information content (AvgIpc) is 3.12. The fourth-order valence-electron chi connectivity index (χ4n) is 3.47. The number of anilines is 1. The summed E-state index contributed by atoms with van der Waals surface area (Å²) in [7, 11) is 4.24. The molecule has 2 atom stereocenters. The van der Waals surface area contributed by atoms with E-state index in [0.717, 1.165) is 31.0 Å². The molecule has 2 fully saturated rings. The molecule has 0 aromatic heterocycles. The number of benzene rings is 1. The highest BCUT2D eigenvalue weighted by Crippen LogP contribution is 2.33. The molecule has 1 aromatic carbocycles. The molecule has 3 rings (SSSR count). The van der Waals surface area contributed by atoms with E-state index in [1.54, 1.807) is 0 Å². The Morgan fingerprint density at radius 1 is 1.33 bits per heavy atom. The molecule has 0 radical (unpaired) electrons. The second-order valence-corrected chi connectivity index (χ2v) is 8.48. The van der Waals surface area contributed by atoms with Gasteiger partial charge in [-0.25, -0.2) is 0 Å². The molecule has 0 aliphatic carbocycles. The van der Waals surface area contributed by atoms with Gasteiger partial charge in [0.05, 0.1) is 11.7 Å². The van der Waals surface area contributed by atoms with Gasteiger partial charge in [-0.2, -0.15) is 0 Å². The van der Waals surface area contributed by atoms with Crippen LogP contribution in [0.2, 0.25) is 5.02 Å². The fraction of sp³-hybridized carbons (Fsp3) is 0.556. The van der Waals surface area contributed by atoms with Crippen molar-refractivity contribution < 1.29 is 9.59 Å². The van der Waals surface area contributed by atoms with E-state index in [-0.39, 0.29) is 22.6 Å². The smallest absolute Gasteiger partial charge is 0.197 e. The summed E-state index contributed by atoms with van der Waals surface area (Å²) in [6.07, 6.45) is 2.72. The lowest BCUT2D eigenvalue weighted by atomic mass is 10.0. The van der Waals surface area contributed by atoms with Crippen molar-refractivity contribution >= 4 is 39.9 Å². The first kappa shape index (κ1) is 17.8. The Bertz CT molecular complexity index is 650. The van der Waals surface area contributed by atoms with Crippen molar-refractivity contribution in [3.8, 4) is 0 Å². The number of nitrogens with zero attached hydrogens (tertiary/aromatic N) is 2. The Morgan fingerprint density at radius 2 is 2.12 bits per heavy atom. The number of halogens is 1. The zero-order valence-corrected chi connectivity index (χ0v) is 15.7. The zero-order valence-electron chi connectivity index (χ0n) is 14.1. The number of Topliss-reactive ketones (excluding diaryl/α,β-unsaturated/α-hetero) is 1. The lowest BCUT2D eigenvalue weighted by molar-refractivity contribution is -0.121.